The van der Waals surface area contributed by atoms with E-state index in [0.29, 0.717) is 11.4 Å². The molecular formula is C13H24N2O2S2. The van der Waals surface area contributed by atoms with Gasteiger partial charge in [-0.15, -0.1) is 11.3 Å². The molecule has 0 aliphatic carbocycles. The number of rotatable bonds is 7. The van der Waals surface area contributed by atoms with Gasteiger partial charge in [0.1, 0.15) is 0 Å². The van der Waals surface area contributed by atoms with E-state index in [9.17, 15) is 8.42 Å². The van der Waals surface area contributed by atoms with E-state index in [1.807, 2.05) is 20.8 Å². The summed E-state index contributed by atoms with van der Waals surface area (Å²) in [7, 11) is -3.37. The zero-order valence-electron chi connectivity index (χ0n) is 12.1. The molecule has 1 aromatic heterocycles. The molecule has 0 spiro atoms. The van der Waals surface area contributed by atoms with Crippen molar-refractivity contribution >= 4 is 21.4 Å². The van der Waals surface area contributed by atoms with Crippen molar-refractivity contribution in [2.45, 2.75) is 45.6 Å². The van der Waals surface area contributed by atoms with Gasteiger partial charge in [-0.1, -0.05) is 27.7 Å². The van der Waals surface area contributed by atoms with Gasteiger partial charge in [0.25, 0.3) is 0 Å². The molecule has 4 nitrogen and oxygen atoms in total. The molecule has 0 fully saturated rings. The summed E-state index contributed by atoms with van der Waals surface area (Å²) in [5.41, 5.74) is -0.0609. The van der Waals surface area contributed by atoms with Crippen molar-refractivity contribution in [1.29, 1.82) is 0 Å². The second kappa shape index (κ2) is 6.83. The van der Waals surface area contributed by atoms with Gasteiger partial charge in [-0.2, -0.15) is 0 Å². The number of hydrogen-bond acceptors (Lipinski definition) is 4. The summed E-state index contributed by atoms with van der Waals surface area (Å²) in [6.07, 6.45) is 1.07. The maximum absolute atomic E-state index is 12.1. The fourth-order valence-corrected chi connectivity index (χ4v) is 3.91. The molecular weight excluding hydrogens is 280 g/mol. The van der Waals surface area contributed by atoms with Crippen LogP contribution in [0, 0.1) is 5.41 Å². The van der Waals surface area contributed by atoms with E-state index >= 15 is 0 Å². The summed E-state index contributed by atoms with van der Waals surface area (Å²) in [6.45, 7) is 10.2. The highest BCUT2D eigenvalue weighted by Gasteiger charge is 2.19. The molecule has 0 saturated heterocycles. The molecule has 1 heterocycles. The lowest BCUT2D eigenvalue weighted by Gasteiger charge is -2.18. The van der Waals surface area contributed by atoms with Crippen molar-refractivity contribution in [3.05, 3.63) is 16.3 Å². The van der Waals surface area contributed by atoms with Crippen LogP contribution < -0.4 is 10.0 Å². The first-order valence-corrected chi connectivity index (χ1v) is 8.89. The molecule has 0 aliphatic rings. The van der Waals surface area contributed by atoms with Crippen molar-refractivity contribution in [3.8, 4) is 0 Å². The van der Waals surface area contributed by atoms with Crippen molar-refractivity contribution in [1.82, 2.24) is 10.0 Å². The first-order valence-electron chi connectivity index (χ1n) is 6.52. The van der Waals surface area contributed by atoms with Crippen molar-refractivity contribution in [2.75, 3.05) is 13.1 Å². The van der Waals surface area contributed by atoms with E-state index in [0.717, 1.165) is 24.4 Å². The van der Waals surface area contributed by atoms with Gasteiger partial charge in [-0.3, -0.25) is 0 Å². The Balaban J connectivity index is 2.64. The Labute approximate surface area is 120 Å². The lowest BCUT2D eigenvalue weighted by atomic mass is 9.98. The monoisotopic (exact) mass is 304 g/mol. The summed E-state index contributed by atoms with van der Waals surface area (Å²) in [6, 6.07) is 1.75. The Bertz CT molecular complexity index is 487. The van der Waals surface area contributed by atoms with Crippen LogP contribution in [-0.2, 0) is 16.6 Å². The molecule has 0 atom stereocenters. The Kier molecular flexibility index (Phi) is 5.98. The summed E-state index contributed by atoms with van der Waals surface area (Å²) < 4.78 is 26.8. The Hall–Kier alpha value is -0.430. The van der Waals surface area contributed by atoms with E-state index in [4.69, 9.17) is 0 Å². The Morgan fingerprint density at radius 1 is 1.32 bits per heavy atom. The fourth-order valence-electron chi connectivity index (χ4n) is 1.38. The van der Waals surface area contributed by atoms with Crippen molar-refractivity contribution in [3.63, 3.8) is 0 Å². The largest absolute Gasteiger partial charge is 0.312 e. The number of hydrogen-bond donors (Lipinski definition) is 2. The van der Waals surface area contributed by atoms with Crippen LogP contribution in [0.5, 0.6) is 0 Å². The molecule has 0 saturated carbocycles. The Morgan fingerprint density at radius 2 is 2.00 bits per heavy atom. The SMILES string of the molecule is CCCNCc1cc(S(=O)(=O)NCC(C)(C)C)cs1. The predicted molar refractivity (Wildman–Crippen MR) is 81.0 cm³/mol. The summed E-state index contributed by atoms with van der Waals surface area (Å²) in [5, 5.41) is 4.97. The second-order valence-electron chi connectivity index (χ2n) is 5.81. The van der Waals surface area contributed by atoms with Crippen LogP contribution >= 0.6 is 11.3 Å². The normalized spacial score (nSPS) is 12.8. The molecule has 0 aliphatic heterocycles. The van der Waals surface area contributed by atoms with E-state index in [1.165, 1.54) is 11.3 Å². The van der Waals surface area contributed by atoms with Gasteiger partial charge in [0, 0.05) is 23.3 Å². The highest BCUT2D eigenvalue weighted by atomic mass is 32.2. The lowest BCUT2D eigenvalue weighted by molar-refractivity contribution is 0.407. The van der Waals surface area contributed by atoms with E-state index in [2.05, 4.69) is 17.0 Å². The average Bonchev–Trinajstić information content (AvgIpc) is 2.76. The highest BCUT2D eigenvalue weighted by Crippen LogP contribution is 2.20. The van der Waals surface area contributed by atoms with Gasteiger partial charge in [0.05, 0.1) is 4.90 Å². The minimum Gasteiger partial charge on any atom is -0.312 e. The number of sulfonamides is 1. The highest BCUT2D eigenvalue weighted by molar-refractivity contribution is 7.89. The van der Waals surface area contributed by atoms with Crippen LogP contribution in [0.3, 0.4) is 0 Å². The van der Waals surface area contributed by atoms with Crippen molar-refractivity contribution < 1.29 is 8.42 Å². The molecule has 0 unspecified atom stereocenters. The second-order valence-corrected chi connectivity index (χ2v) is 8.57. The first-order chi connectivity index (χ1) is 8.74. The lowest BCUT2D eigenvalue weighted by Crippen LogP contribution is -2.32. The number of nitrogens with one attached hydrogen (secondary N) is 2. The third kappa shape index (κ3) is 6.03. The summed E-state index contributed by atoms with van der Waals surface area (Å²) in [4.78, 5) is 1.42. The molecule has 0 radical (unpaired) electrons. The maximum atomic E-state index is 12.1. The standard InChI is InChI=1S/C13H24N2O2S2/c1-5-6-14-8-11-7-12(9-18-11)19(16,17)15-10-13(2,3)4/h7,9,14-15H,5-6,8,10H2,1-4H3. The number of thiophene rings is 1. The van der Waals surface area contributed by atoms with Crippen LogP contribution in [0.4, 0.5) is 0 Å². The topological polar surface area (TPSA) is 58.2 Å². The zero-order valence-corrected chi connectivity index (χ0v) is 13.7. The maximum Gasteiger partial charge on any atom is 0.241 e. The van der Waals surface area contributed by atoms with Gasteiger partial charge in [-0.05, 0) is 24.4 Å². The molecule has 0 bridgehead atoms. The zero-order chi connectivity index (χ0) is 14.5. The summed E-state index contributed by atoms with van der Waals surface area (Å²) >= 11 is 1.48. The van der Waals surface area contributed by atoms with E-state index in [1.54, 1.807) is 11.4 Å². The summed E-state index contributed by atoms with van der Waals surface area (Å²) in [5.74, 6) is 0. The molecule has 1 aromatic rings. The quantitative estimate of drug-likeness (QED) is 0.761. The predicted octanol–water partition coefficient (Wildman–Crippen LogP) is 2.57. The van der Waals surface area contributed by atoms with Crippen LogP contribution in [0.1, 0.15) is 39.0 Å². The van der Waals surface area contributed by atoms with Gasteiger partial charge >= 0.3 is 0 Å². The molecule has 2 N–H and O–H groups in total. The third-order valence-electron chi connectivity index (χ3n) is 2.46. The third-order valence-corrected chi connectivity index (χ3v) is 4.93. The van der Waals surface area contributed by atoms with Crippen LogP contribution in [0.25, 0.3) is 0 Å². The molecule has 6 heteroatoms. The minimum atomic E-state index is -3.37. The minimum absolute atomic E-state index is 0.0609. The van der Waals surface area contributed by atoms with Crippen molar-refractivity contribution in [2.24, 2.45) is 5.41 Å². The fraction of sp³-hybridized carbons (Fsp3) is 0.692. The average molecular weight is 304 g/mol. The van der Waals surface area contributed by atoms with Gasteiger partial charge in [0.15, 0.2) is 0 Å². The molecule has 110 valence electrons. The van der Waals surface area contributed by atoms with Crippen LogP contribution in [0.2, 0.25) is 0 Å². The van der Waals surface area contributed by atoms with Crippen LogP contribution in [-0.4, -0.2) is 21.5 Å². The van der Waals surface area contributed by atoms with Gasteiger partial charge < -0.3 is 5.32 Å². The Morgan fingerprint density at radius 3 is 2.58 bits per heavy atom. The van der Waals surface area contributed by atoms with E-state index < -0.39 is 10.0 Å². The first kappa shape index (κ1) is 16.6. The van der Waals surface area contributed by atoms with Crippen LogP contribution in [0.15, 0.2) is 16.3 Å². The molecule has 0 aromatic carbocycles. The van der Waals surface area contributed by atoms with Gasteiger partial charge in [0.2, 0.25) is 10.0 Å². The smallest absolute Gasteiger partial charge is 0.241 e. The molecule has 0 amide bonds. The molecule has 19 heavy (non-hydrogen) atoms. The van der Waals surface area contributed by atoms with Gasteiger partial charge in [-0.25, -0.2) is 13.1 Å². The molecule has 1 rings (SSSR count). The van der Waals surface area contributed by atoms with E-state index in [-0.39, 0.29) is 5.41 Å².